The first-order valence-corrected chi connectivity index (χ1v) is 6.36. The molecule has 1 aromatic carbocycles. The summed E-state index contributed by atoms with van der Waals surface area (Å²) < 4.78 is 26.5. The van der Waals surface area contributed by atoms with Gasteiger partial charge in [-0.2, -0.15) is 0 Å². The highest BCUT2D eigenvalue weighted by Gasteiger charge is 2.36. The number of carbonyl (C=O) groups is 1. The van der Waals surface area contributed by atoms with E-state index in [4.69, 9.17) is 5.11 Å². The number of rotatable bonds is 3. The summed E-state index contributed by atoms with van der Waals surface area (Å²) in [5, 5.41) is 19.4. The van der Waals surface area contributed by atoms with Gasteiger partial charge in [-0.25, -0.2) is 8.78 Å². The van der Waals surface area contributed by atoms with Crippen LogP contribution >= 0.6 is 0 Å². The van der Waals surface area contributed by atoms with Crippen molar-refractivity contribution >= 4 is 5.97 Å². The normalized spacial score (nSPS) is 25.0. The molecule has 104 valence electrons. The predicted molar refractivity (Wildman–Crippen MR) is 64.4 cm³/mol. The molecule has 19 heavy (non-hydrogen) atoms. The molecule has 3 atom stereocenters. The van der Waals surface area contributed by atoms with Crippen molar-refractivity contribution < 1.29 is 23.8 Å². The third-order valence-electron chi connectivity index (χ3n) is 3.82. The number of carboxylic acids is 1. The summed E-state index contributed by atoms with van der Waals surface area (Å²) in [6, 6.07) is 2.96. The first-order valence-electron chi connectivity index (χ1n) is 6.36. The summed E-state index contributed by atoms with van der Waals surface area (Å²) in [5.41, 5.74) is -0.0282. The highest BCUT2D eigenvalue weighted by molar-refractivity contribution is 5.70. The topological polar surface area (TPSA) is 57.5 Å². The Morgan fingerprint density at radius 2 is 1.95 bits per heavy atom. The molecule has 2 N–H and O–H groups in total. The van der Waals surface area contributed by atoms with Crippen molar-refractivity contribution in [3.63, 3.8) is 0 Å². The molecule has 2 rings (SSSR count). The number of halogens is 2. The Balaban J connectivity index is 2.25. The van der Waals surface area contributed by atoms with Crippen LogP contribution in [0, 0.1) is 23.5 Å². The monoisotopic (exact) mass is 270 g/mol. The number of aliphatic hydroxyl groups is 1. The standard InChI is InChI=1S/C14H16F2O3/c15-8-5-6-11(12(16)7-8)13(17)9-3-1-2-4-10(9)14(18)19/h5-7,9-10,13,17H,1-4H2,(H,18,19). The van der Waals surface area contributed by atoms with Gasteiger partial charge in [0.15, 0.2) is 0 Å². The first-order chi connectivity index (χ1) is 9.00. The zero-order valence-corrected chi connectivity index (χ0v) is 10.4. The molecule has 0 heterocycles. The second kappa shape index (κ2) is 5.65. The lowest BCUT2D eigenvalue weighted by Crippen LogP contribution is -2.31. The summed E-state index contributed by atoms with van der Waals surface area (Å²) >= 11 is 0. The fourth-order valence-electron chi connectivity index (χ4n) is 2.82. The molecule has 1 aliphatic rings. The van der Waals surface area contributed by atoms with Crippen molar-refractivity contribution in [3.8, 4) is 0 Å². The number of aliphatic hydroxyl groups excluding tert-OH is 1. The number of hydrogen-bond acceptors (Lipinski definition) is 2. The predicted octanol–water partition coefficient (Wildman–Crippen LogP) is 2.89. The van der Waals surface area contributed by atoms with E-state index >= 15 is 0 Å². The average molecular weight is 270 g/mol. The Kier molecular flexibility index (Phi) is 4.14. The van der Waals surface area contributed by atoms with Crippen LogP contribution in [0.15, 0.2) is 18.2 Å². The van der Waals surface area contributed by atoms with Gasteiger partial charge in [0.05, 0.1) is 12.0 Å². The second-order valence-electron chi connectivity index (χ2n) is 5.00. The first kappa shape index (κ1) is 13.9. The summed E-state index contributed by atoms with van der Waals surface area (Å²) in [6.45, 7) is 0. The SMILES string of the molecule is O=C(O)C1CCCCC1C(O)c1ccc(F)cc1F. The largest absolute Gasteiger partial charge is 0.481 e. The lowest BCUT2D eigenvalue weighted by molar-refractivity contribution is -0.147. The van der Waals surface area contributed by atoms with E-state index in [1.807, 2.05) is 0 Å². The van der Waals surface area contributed by atoms with E-state index in [1.54, 1.807) is 0 Å². The summed E-state index contributed by atoms with van der Waals surface area (Å²) in [7, 11) is 0. The van der Waals surface area contributed by atoms with Gasteiger partial charge in [-0.05, 0) is 18.9 Å². The summed E-state index contributed by atoms with van der Waals surface area (Å²) in [6.07, 6.45) is 1.43. The Bertz CT molecular complexity index is 476. The molecule has 1 aliphatic carbocycles. The van der Waals surface area contributed by atoms with Crippen LogP contribution in [0.2, 0.25) is 0 Å². The lowest BCUT2D eigenvalue weighted by Gasteiger charge is -2.32. The van der Waals surface area contributed by atoms with Gasteiger partial charge in [0.2, 0.25) is 0 Å². The maximum absolute atomic E-state index is 13.6. The quantitative estimate of drug-likeness (QED) is 0.888. The smallest absolute Gasteiger partial charge is 0.306 e. The molecule has 0 saturated heterocycles. The third kappa shape index (κ3) is 2.92. The maximum Gasteiger partial charge on any atom is 0.306 e. The highest BCUT2D eigenvalue weighted by atomic mass is 19.1. The molecular formula is C14H16F2O3. The second-order valence-corrected chi connectivity index (χ2v) is 5.00. The fraction of sp³-hybridized carbons (Fsp3) is 0.500. The molecule has 0 radical (unpaired) electrons. The number of hydrogen-bond donors (Lipinski definition) is 2. The van der Waals surface area contributed by atoms with Gasteiger partial charge in [-0.15, -0.1) is 0 Å². The van der Waals surface area contributed by atoms with Gasteiger partial charge in [-0.1, -0.05) is 18.9 Å². The van der Waals surface area contributed by atoms with Crippen molar-refractivity contribution in [2.24, 2.45) is 11.8 Å². The maximum atomic E-state index is 13.6. The van der Waals surface area contributed by atoms with E-state index in [9.17, 15) is 18.7 Å². The van der Waals surface area contributed by atoms with Crippen LogP contribution in [0.4, 0.5) is 8.78 Å². The van der Waals surface area contributed by atoms with Crippen LogP contribution in [0.1, 0.15) is 37.4 Å². The van der Waals surface area contributed by atoms with E-state index < -0.39 is 35.5 Å². The Hall–Kier alpha value is -1.49. The van der Waals surface area contributed by atoms with Gasteiger partial charge >= 0.3 is 5.97 Å². The number of benzene rings is 1. The molecule has 0 aliphatic heterocycles. The van der Waals surface area contributed by atoms with Gasteiger partial charge in [0.25, 0.3) is 0 Å². The zero-order chi connectivity index (χ0) is 14.0. The van der Waals surface area contributed by atoms with Crippen LogP contribution in [0.3, 0.4) is 0 Å². The lowest BCUT2D eigenvalue weighted by atomic mass is 9.74. The molecule has 5 heteroatoms. The molecule has 0 spiro atoms. The summed E-state index contributed by atoms with van der Waals surface area (Å²) in [5.74, 6) is -3.71. The molecule has 1 saturated carbocycles. The molecule has 0 amide bonds. The molecule has 0 aromatic heterocycles. The summed E-state index contributed by atoms with van der Waals surface area (Å²) in [4.78, 5) is 11.2. The third-order valence-corrected chi connectivity index (χ3v) is 3.82. The minimum atomic E-state index is -1.21. The van der Waals surface area contributed by atoms with Crippen LogP contribution in [0.5, 0.6) is 0 Å². The molecule has 1 fully saturated rings. The van der Waals surface area contributed by atoms with E-state index in [0.29, 0.717) is 18.9 Å². The van der Waals surface area contributed by atoms with E-state index in [2.05, 4.69) is 0 Å². The van der Waals surface area contributed by atoms with Gasteiger partial charge in [-0.3, -0.25) is 4.79 Å². The van der Waals surface area contributed by atoms with Crippen molar-refractivity contribution in [2.75, 3.05) is 0 Å². The number of carboxylic acid groups (broad SMARTS) is 1. The van der Waals surface area contributed by atoms with Gasteiger partial charge in [0, 0.05) is 17.5 Å². The van der Waals surface area contributed by atoms with Crippen molar-refractivity contribution in [2.45, 2.75) is 31.8 Å². The minimum Gasteiger partial charge on any atom is -0.481 e. The van der Waals surface area contributed by atoms with E-state index in [0.717, 1.165) is 18.9 Å². The minimum absolute atomic E-state index is 0.0282. The molecule has 3 unspecified atom stereocenters. The Morgan fingerprint density at radius 1 is 1.26 bits per heavy atom. The van der Waals surface area contributed by atoms with Gasteiger partial charge < -0.3 is 10.2 Å². The van der Waals surface area contributed by atoms with Crippen LogP contribution in [-0.2, 0) is 4.79 Å². The van der Waals surface area contributed by atoms with Crippen LogP contribution in [-0.4, -0.2) is 16.2 Å². The van der Waals surface area contributed by atoms with Crippen LogP contribution in [0.25, 0.3) is 0 Å². The van der Waals surface area contributed by atoms with E-state index in [1.165, 1.54) is 6.07 Å². The number of aliphatic carboxylic acids is 1. The van der Waals surface area contributed by atoms with E-state index in [-0.39, 0.29) is 5.56 Å². The molecule has 0 bridgehead atoms. The van der Waals surface area contributed by atoms with Crippen molar-refractivity contribution in [1.29, 1.82) is 0 Å². The van der Waals surface area contributed by atoms with Crippen molar-refractivity contribution in [1.82, 2.24) is 0 Å². The Morgan fingerprint density at radius 3 is 2.58 bits per heavy atom. The molecule has 1 aromatic rings. The fourth-order valence-corrected chi connectivity index (χ4v) is 2.82. The van der Waals surface area contributed by atoms with Crippen molar-refractivity contribution in [3.05, 3.63) is 35.4 Å². The zero-order valence-electron chi connectivity index (χ0n) is 10.4. The highest BCUT2D eigenvalue weighted by Crippen LogP contribution is 2.39. The Labute approximate surface area is 109 Å². The average Bonchev–Trinajstić information content (AvgIpc) is 2.38. The van der Waals surface area contributed by atoms with Gasteiger partial charge in [0.1, 0.15) is 11.6 Å². The molecular weight excluding hydrogens is 254 g/mol. The van der Waals surface area contributed by atoms with Crippen LogP contribution < -0.4 is 0 Å². The molecule has 3 nitrogen and oxygen atoms in total.